The van der Waals surface area contributed by atoms with Gasteiger partial charge in [-0.3, -0.25) is 0 Å². The molecule has 0 amide bonds. The van der Waals surface area contributed by atoms with Crippen LogP contribution < -0.4 is 5.32 Å². The molecule has 2 atom stereocenters. The van der Waals surface area contributed by atoms with E-state index in [9.17, 15) is 0 Å². The molecular formula is C16H31N. The Kier molecular flexibility index (Phi) is 6.87. The molecule has 1 nitrogen and oxygen atoms in total. The van der Waals surface area contributed by atoms with Crippen LogP contribution in [0.25, 0.3) is 0 Å². The molecule has 1 aliphatic carbocycles. The van der Waals surface area contributed by atoms with Crippen LogP contribution in [0.2, 0.25) is 0 Å². The minimum absolute atomic E-state index is 0.763. The SMILES string of the molecule is CC(=CCCNCC(C)C)C1CCCC(C)C1. The highest BCUT2D eigenvalue weighted by molar-refractivity contribution is 5.04. The second-order valence-electron chi connectivity index (χ2n) is 6.30. The first kappa shape index (κ1) is 14.8. The Hall–Kier alpha value is -0.300. The van der Waals surface area contributed by atoms with E-state index >= 15 is 0 Å². The molecule has 1 saturated carbocycles. The summed E-state index contributed by atoms with van der Waals surface area (Å²) in [7, 11) is 0. The van der Waals surface area contributed by atoms with Gasteiger partial charge in [-0.15, -0.1) is 0 Å². The van der Waals surface area contributed by atoms with Crippen LogP contribution >= 0.6 is 0 Å². The second kappa shape index (κ2) is 7.92. The lowest BCUT2D eigenvalue weighted by Crippen LogP contribution is -2.20. The van der Waals surface area contributed by atoms with E-state index in [0.717, 1.165) is 30.8 Å². The van der Waals surface area contributed by atoms with Crippen LogP contribution in [0.15, 0.2) is 11.6 Å². The van der Waals surface area contributed by atoms with Crippen molar-refractivity contribution in [1.82, 2.24) is 5.32 Å². The van der Waals surface area contributed by atoms with Crippen LogP contribution in [0, 0.1) is 17.8 Å². The maximum absolute atomic E-state index is 3.51. The standard InChI is InChI=1S/C16H31N/c1-13(2)12-17-10-6-8-15(4)16-9-5-7-14(3)11-16/h8,13-14,16-17H,5-7,9-12H2,1-4H3. The van der Waals surface area contributed by atoms with Gasteiger partial charge in [-0.25, -0.2) is 0 Å². The Morgan fingerprint density at radius 2 is 2.12 bits per heavy atom. The number of hydrogen-bond donors (Lipinski definition) is 1. The van der Waals surface area contributed by atoms with Gasteiger partial charge in [0.15, 0.2) is 0 Å². The number of allylic oxidation sites excluding steroid dienone is 1. The molecule has 0 aromatic carbocycles. The van der Waals surface area contributed by atoms with Crippen molar-refractivity contribution in [1.29, 1.82) is 0 Å². The van der Waals surface area contributed by atoms with Crippen LogP contribution in [0.5, 0.6) is 0 Å². The van der Waals surface area contributed by atoms with Crippen molar-refractivity contribution in [2.75, 3.05) is 13.1 Å². The number of rotatable bonds is 6. The van der Waals surface area contributed by atoms with Gasteiger partial charge in [0.05, 0.1) is 0 Å². The highest BCUT2D eigenvalue weighted by Crippen LogP contribution is 2.33. The second-order valence-corrected chi connectivity index (χ2v) is 6.30. The zero-order chi connectivity index (χ0) is 12.7. The summed E-state index contributed by atoms with van der Waals surface area (Å²) in [6.07, 6.45) is 9.38. The molecule has 1 heteroatoms. The van der Waals surface area contributed by atoms with Crippen LogP contribution in [0.4, 0.5) is 0 Å². The van der Waals surface area contributed by atoms with Gasteiger partial charge < -0.3 is 5.32 Å². The Morgan fingerprint density at radius 3 is 2.76 bits per heavy atom. The van der Waals surface area contributed by atoms with Gasteiger partial charge in [-0.2, -0.15) is 0 Å². The van der Waals surface area contributed by atoms with Crippen molar-refractivity contribution in [3.63, 3.8) is 0 Å². The van der Waals surface area contributed by atoms with Gasteiger partial charge in [-0.05, 0) is 57.0 Å². The minimum atomic E-state index is 0.763. The molecule has 17 heavy (non-hydrogen) atoms. The lowest BCUT2D eigenvalue weighted by molar-refractivity contribution is 0.314. The molecule has 0 spiro atoms. The molecule has 0 aromatic heterocycles. The van der Waals surface area contributed by atoms with E-state index in [1.165, 1.54) is 32.1 Å². The predicted molar refractivity (Wildman–Crippen MR) is 77.2 cm³/mol. The van der Waals surface area contributed by atoms with Gasteiger partial charge in [0.2, 0.25) is 0 Å². The lowest BCUT2D eigenvalue weighted by atomic mass is 9.79. The average Bonchev–Trinajstić information content (AvgIpc) is 2.28. The van der Waals surface area contributed by atoms with Crippen molar-refractivity contribution in [3.8, 4) is 0 Å². The molecule has 0 aliphatic heterocycles. The van der Waals surface area contributed by atoms with Crippen LogP contribution in [-0.2, 0) is 0 Å². The first-order chi connectivity index (χ1) is 8.09. The lowest BCUT2D eigenvalue weighted by Gasteiger charge is -2.27. The van der Waals surface area contributed by atoms with E-state index in [-0.39, 0.29) is 0 Å². The fourth-order valence-electron chi connectivity index (χ4n) is 2.81. The van der Waals surface area contributed by atoms with Gasteiger partial charge in [0, 0.05) is 0 Å². The Bertz CT molecular complexity index is 230. The highest BCUT2D eigenvalue weighted by atomic mass is 14.8. The Morgan fingerprint density at radius 1 is 1.35 bits per heavy atom. The predicted octanol–water partition coefficient (Wildman–Crippen LogP) is 4.39. The molecule has 0 bridgehead atoms. The largest absolute Gasteiger partial charge is 0.316 e. The third-order valence-electron chi connectivity index (χ3n) is 3.92. The van der Waals surface area contributed by atoms with E-state index in [4.69, 9.17) is 0 Å². The number of hydrogen-bond acceptors (Lipinski definition) is 1. The molecule has 0 heterocycles. The first-order valence-corrected chi connectivity index (χ1v) is 7.47. The van der Waals surface area contributed by atoms with E-state index < -0.39 is 0 Å². The fourth-order valence-corrected chi connectivity index (χ4v) is 2.81. The van der Waals surface area contributed by atoms with Gasteiger partial charge in [0.25, 0.3) is 0 Å². The molecule has 0 aromatic rings. The zero-order valence-electron chi connectivity index (χ0n) is 12.3. The van der Waals surface area contributed by atoms with E-state index in [1.807, 2.05) is 0 Å². The summed E-state index contributed by atoms with van der Waals surface area (Å²) < 4.78 is 0. The van der Waals surface area contributed by atoms with E-state index in [1.54, 1.807) is 5.57 Å². The molecule has 100 valence electrons. The summed E-state index contributed by atoms with van der Waals surface area (Å²) in [5, 5.41) is 3.51. The average molecular weight is 237 g/mol. The van der Waals surface area contributed by atoms with E-state index in [2.05, 4.69) is 39.1 Å². The zero-order valence-corrected chi connectivity index (χ0v) is 12.3. The summed E-state index contributed by atoms with van der Waals surface area (Å²) in [5.41, 5.74) is 1.64. The fraction of sp³-hybridized carbons (Fsp3) is 0.875. The summed E-state index contributed by atoms with van der Waals surface area (Å²) in [6, 6.07) is 0. The van der Waals surface area contributed by atoms with Crippen LogP contribution in [-0.4, -0.2) is 13.1 Å². The molecule has 1 fully saturated rings. The Labute approximate surface area is 108 Å². The highest BCUT2D eigenvalue weighted by Gasteiger charge is 2.19. The third kappa shape index (κ3) is 6.26. The molecule has 1 rings (SSSR count). The van der Waals surface area contributed by atoms with E-state index in [0.29, 0.717) is 0 Å². The maximum Gasteiger partial charge on any atom is -0.00141 e. The van der Waals surface area contributed by atoms with Crippen LogP contribution in [0.1, 0.15) is 59.8 Å². The first-order valence-electron chi connectivity index (χ1n) is 7.47. The topological polar surface area (TPSA) is 12.0 Å². The minimum Gasteiger partial charge on any atom is -0.316 e. The van der Waals surface area contributed by atoms with Crippen molar-refractivity contribution in [2.45, 2.75) is 59.8 Å². The van der Waals surface area contributed by atoms with Gasteiger partial charge >= 0.3 is 0 Å². The molecule has 0 radical (unpaired) electrons. The van der Waals surface area contributed by atoms with Crippen molar-refractivity contribution >= 4 is 0 Å². The molecule has 2 unspecified atom stereocenters. The number of nitrogens with one attached hydrogen (secondary N) is 1. The Balaban J connectivity index is 2.19. The van der Waals surface area contributed by atoms with Gasteiger partial charge in [0.1, 0.15) is 0 Å². The van der Waals surface area contributed by atoms with Gasteiger partial charge in [-0.1, -0.05) is 45.3 Å². The quantitative estimate of drug-likeness (QED) is 0.533. The van der Waals surface area contributed by atoms with Crippen LogP contribution in [0.3, 0.4) is 0 Å². The summed E-state index contributed by atoms with van der Waals surface area (Å²) in [6.45, 7) is 11.6. The molecule has 1 aliphatic rings. The monoisotopic (exact) mass is 237 g/mol. The summed E-state index contributed by atoms with van der Waals surface area (Å²) in [5.74, 6) is 2.58. The summed E-state index contributed by atoms with van der Waals surface area (Å²) >= 11 is 0. The molecule has 1 N–H and O–H groups in total. The normalized spacial score (nSPS) is 26.5. The summed E-state index contributed by atoms with van der Waals surface area (Å²) in [4.78, 5) is 0. The van der Waals surface area contributed by atoms with Crippen molar-refractivity contribution < 1.29 is 0 Å². The van der Waals surface area contributed by atoms with Crippen molar-refractivity contribution in [3.05, 3.63) is 11.6 Å². The van der Waals surface area contributed by atoms with Crippen molar-refractivity contribution in [2.24, 2.45) is 17.8 Å². The molecule has 0 saturated heterocycles. The molecular weight excluding hydrogens is 206 g/mol. The smallest absolute Gasteiger partial charge is 0.00141 e. The third-order valence-corrected chi connectivity index (χ3v) is 3.92. The maximum atomic E-state index is 3.51.